The molecule has 2 aliphatic rings. The number of hydrogen-bond donors (Lipinski definition) is 0. The first-order valence-electron chi connectivity index (χ1n) is 7.85. The number of benzene rings is 1. The minimum Gasteiger partial charge on any atom is -0.379 e. The highest BCUT2D eigenvalue weighted by atomic mass is 16.7. The highest BCUT2D eigenvalue weighted by Crippen LogP contribution is 2.26. The summed E-state index contributed by atoms with van der Waals surface area (Å²) in [4.78, 5) is 33.9. The molecular weight excluding hydrogens is 294 g/mol. The van der Waals surface area contributed by atoms with Gasteiger partial charge >= 0.3 is 0 Å². The lowest BCUT2D eigenvalue weighted by Gasteiger charge is -2.37. The maximum atomic E-state index is 12.6. The predicted molar refractivity (Wildman–Crippen MR) is 86.1 cm³/mol. The van der Waals surface area contributed by atoms with Gasteiger partial charge in [0.05, 0.1) is 5.71 Å². The van der Waals surface area contributed by atoms with Gasteiger partial charge in [0.2, 0.25) is 5.60 Å². The van der Waals surface area contributed by atoms with E-state index in [4.69, 9.17) is 4.84 Å². The van der Waals surface area contributed by atoms with Crippen LogP contribution in [-0.2, 0) is 9.63 Å². The third kappa shape index (κ3) is 3.06. The third-order valence-corrected chi connectivity index (χ3v) is 4.32. The van der Waals surface area contributed by atoms with Crippen LogP contribution in [0.1, 0.15) is 30.6 Å². The Morgan fingerprint density at radius 2 is 1.70 bits per heavy atom. The molecule has 0 unspecified atom stereocenters. The van der Waals surface area contributed by atoms with Crippen molar-refractivity contribution in [3.63, 3.8) is 0 Å². The molecular formula is C17H21N3O3. The molecule has 6 heteroatoms. The average molecular weight is 315 g/mol. The summed E-state index contributed by atoms with van der Waals surface area (Å²) in [6.07, 6.45) is 0.523. The van der Waals surface area contributed by atoms with E-state index < -0.39 is 5.60 Å². The van der Waals surface area contributed by atoms with Crippen LogP contribution in [0.5, 0.6) is 0 Å². The normalized spacial score (nSPS) is 24.2. The van der Waals surface area contributed by atoms with Gasteiger partial charge in [-0.25, -0.2) is 0 Å². The monoisotopic (exact) mass is 315 g/mol. The molecule has 3 rings (SSSR count). The van der Waals surface area contributed by atoms with Crippen LogP contribution in [0.4, 0.5) is 0 Å². The summed E-state index contributed by atoms with van der Waals surface area (Å²) in [6.45, 7) is 5.75. The van der Waals surface area contributed by atoms with E-state index >= 15 is 0 Å². The van der Waals surface area contributed by atoms with Crippen molar-refractivity contribution in [2.45, 2.75) is 25.9 Å². The molecule has 1 aromatic carbocycles. The van der Waals surface area contributed by atoms with Gasteiger partial charge in [0.25, 0.3) is 11.8 Å². The molecule has 0 aliphatic carbocycles. The molecule has 2 aliphatic heterocycles. The molecule has 0 bridgehead atoms. The highest BCUT2D eigenvalue weighted by molar-refractivity contribution is 5.95. The fourth-order valence-electron chi connectivity index (χ4n) is 3.06. The van der Waals surface area contributed by atoms with Crippen LogP contribution in [0.15, 0.2) is 35.5 Å². The van der Waals surface area contributed by atoms with Gasteiger partial charge in [-0.1, -0.05) is 23.4 Å². The zero-order valence-electron chi connectivity index (χ0n) is 13.5. The van der Waals surface area contributed by atoms with Crippen molar-refractivity contribution in [3.8, 4) is 0 Å². The number of amides is 2. The number of carbonyl (C=O) groups is 2. The quantitative estimate of drug-likeness (QED) is 0.831. The van der Waals surface area contributed by atoms with E-state index in [1.54, 1.807) is 16.7 Å². The van der Waals surface area contributed by atoms with Crippen molar-refractivity contribution in [3.05, 3.63) is 35.9 Å². The molecule has 0 spiro atoms. The molecule has 23 heavy (non-hydrogen) atoms. The Morgan fingerprint density at radius 1 is 1.09 bits per heavy atom. The first kappa shape index (κ1) is 15.5. The van der Waals surface area contributed by atoms with Crippen molar-refractivity contribution < 1.29 is 14.4 Å². The number of rotatable bonds is 2. The lowest BCUT2D eigenvalue weighted by molar-refractivity contribution is -0.154. The van der Waals surface area contributed by atoms with E-state index in [1.165, 1.54) is 0 Å². The van der Waals surface area contributed by atoms with Crippen molar-refractivity contribution >= 4 is 17.5 Å². The standard InChI is InChI=1S/C17H21N3O3/c1-13-12-17(2,23-18-13)16(22)20-10-8-19(9-11-20)15(21)14-6-4-3-5-7-14/h3-7H,8-12H2,1-2H3/t17-/m0/s1. The SMILES string of the molecule is CC1=NO[C@](C)(C(=O)N2CCN(C(=O)c3ccccc3)CC2)C1. The van der Waals surface area contributed by atoms with Gasteiger partial charge in [0.15, 0.2) is 0 Å². The molecule has 2 heterocycles. The van der Waals surface area contributed by atoms with E-state index in [0.717, 1.165) is 5.71 Å². The molecule has 1 fully saturated rings. The molecule has 1 saturated heterocycles. The van der Waals surface area contributed by atoms with Crippen molar-refractivity contribution in [1.82, 2.24) is 9.80 Å². The number of oxime groups is 1. The fraction of sp³-hybridized carbons (Fsp3) is 0.471. The van der Waals surface area contributed by atoms with Gasteiger partial charge < -0.3 is 14.6 Å². The summed E-state index contributed by atoms with van der Waals surface area (Å²) in [7, 11) is 0. The van der Waals surface area contributed by atoms with Crippen LogP contribution in [-0.4, -0.2) is 59.1 Å². The van der Waals surface area contributed by atoms with Gasteiger partial charge in [0, 0.05) is 38.2 Å². The summed E-state index contributed by atoms with van der Waals surface area (Å²) in [5, 5.41) is 3.89. The van der Waals surface area contributed by atoms with E-state index in [2.05, 4.69) is 5.16 Å². The fourth-order valence-corrected chi connectivity index (χ4v) is 3.06. The summed E-state index contributed by atoms with van der Waals surface area (Å²) in [6, 6.07) is 9.22. The minimum atomic E-state index is -0.893. The van der Waals surface area contributed by atoms with Crippen molar-refractivity contribution in [2.75, 3.05) is 26.2 Å². The zero-order chi connectivity index (χ0) is 16.4. The molecule has 6 nitrogen and oxygen atoms in total. The van der Waals surface area contributed by atoms with Gasteiger partial charge in [-0.15, -0.1) is 0 Å². The largest absolute Gasteiger partial charge is 0.379 e. The molecule has 0 radical (unpaired) electrons. The molecule has 1 atom stereocenters. The van der Waals surface area contributed by atoms with Crippen LogP contribution < -0.4 is 0 Å². The van der Waals surface area contributed by atoms with Crippen LogP contribution in [0.25, 0.3) is 0 Å². The number of nitrogens with zero attached hydrogens (tertiary/aromatic N) is 3. The molecule has 0 N–H and O–H groups in total. The topological polar surface area (TPSA) is 62.2 Å². The van der Waals surface area contributed by atoms with E-state index in [0.29, 0.717) is 38.2 Å². The maximum absolute atomic E-state index is 12.6. The van der Waals surface area contributed by atoms with Gasteiger partial charge in [-0.2, -0.15) is 0 Å². The third-order valence-electron chi connectivity index (χ3n) is 4.32. The zero-order valence-corrected chi connectivity index (χ0v) is 13.5. The average Bonchev–Trinajstić information content (AvgIpc) is 2.95. The Hall–Kier alpha value is -2.37. The smallest absolute Gasteiger partial charge is 0.269 e. The van der Waals surface area contributed by atoms with Gasteiger partial charge in [-0.05, 0) is 26.0 Å². The summed E-state index contributed by atoms with van der Waals surface area (Å²) in [5.74, 6) is -0.0369. The highest BCUT2D eigenvalue weighted by Gasteiger charge is 2.44. The number of carbonyl (C=O) groups excluding carboxylic acids is 2. The minimum absolute atomic E-state index is 0.0141. The maximum Gasteiger partial charge on any atom is 0.269 e. The summed E-state index contributed by atoms with van der Waals surface area (Å²) in [5.41, 5.74) is 0.622. The first-order valence-corrected chi connectivity index (χ1v) is 7.85. The van der Waals surface area contributed by atoms with Crippen LogP contribution >= 0.6 is 0 Å². The van der Waals surface area contributed by atoms with E-state index in [9.17, 15) is 9.59 Å². The Kier molecular flexibility index (Phi) is 4.07. The Morgan fingerprint density at radius 3 is 2.26 bits per heavy atom. The van der Waals surface area contributed by atoms with E-state index in [-0.39, 0.29) is 11.8 Å². The van der Waals surface area contributed by atoms with Crippen LogP contribution in [0.2, 0.25) is 0 Å². The summed E-state index contributed by atoms with van der Waals surface area (Å²) >= 11 is 0. The second-order valence-electron chi connectivity index (χ2n) is 6.28. The second kappa shape index (κ2) is 6.02. The first-order chi connectivity index (χ1) is 11.0. The number of piperazine rings is 1. The van der Waals surface area contributed by atoms with Crippen molar-refractivity contribution in [2.24, 2.45) is 5.16 Å². The Bertz CT molecular complexity index is 636. The lowest BCUT2D eigenvalue weighted by atomic mass is 9.98. The second-order valence-corrected chi connectivity index (χ2v) is 6.28. The van der Waals surface area contributed by atoms with E-state index in [1.807, 2.05) is 37.3 Å². The van der Waals surface area contributed by atoms with Gasteiger partial charge in [0.1, 0.15) is 0 Å². The molecule has 0 saturated carbocycles. The summed E-state index contributed by atoms with van der Waals surface area (Å²) < 4.78 is 0. The van der Waals surface area contributed by atoms with Gasteiger partial charge in [-0.3, -0.25) is 9.59 Å². The van der Waals surface area contributed by atoms with Crippen LogP contribution in [0.3, 0.4) is 0 Å². The number of hydrogen-bond acceptors (Lipinski definition) is 4. The van der Waals surface area contributed by atoms with Crippen LogP contribution in [0, 0.1) is 0 Å². The molecule has 1 aromatic rings. The molecule has 0 aromatic heterocycles. The predicted octanol–water partition coefficient (Wildman–Crippen LogP) is 1.53. The lowest BCUT2D eigenvalue weighted by Crippen LogP contribution is -2.55. The molecule has 122 valence electrons. The molecule has 2 amide bonds. The van der Waals surface area contributed by atoms with Crippen molar-refractivity contribution in [1.29, 1.82) is 0 Å². The Labute approximate surface area is 135 Å². The Balaban J connectivity index is 1.58.